The Kier molecular flexibility index (Phi) is 3.38. The first-order chi connectivity index (χ1) is 12.1. The molecule has 10 nitrogen and oxygen atoms in total. The zero-order valence-corrected chi connectivity index (χ0v) is 13.8. The number of nitrogens with one attached hydrogen (secondary N) is 2. The molecule has 25 heavy (non-hydrogen) atoms. The molecule has 0 bridgehead atoms. The quantitative estimate of drug-likeness (QED) is 0.561. The number of aryl methyl sites for hydroxylation is 1. The van der Waals surface area contributed by atoms with Crippen LogP contribution in [0.3, 0.4) is 0 Å². The predicted molar refractivity (Wildman–Crippen MR) is 87.5 cm³/mol. The third-order valence-corrected chi connectivity index (χ3v) is 4.18. The second kappa shape index (κ2) is 5.58. The zero-order valence-electron chi connectivity index (χ0n) is 13.8. The minimum absolute atomic E-state index is 0.333. The number of fused-ring (bicyclic) bond motifs is 2. The van der Waals surface area contributed by atoms with Gasteiger partial charge in [-0.25, -0.2) is 5.10 Å². The van der Waals surface area contributed by atoms with Crippen LogP contribution in [-0.4, -0.2) is 44.6 Å². The third-order valence-electron chi connectivity index (χ3n) is 4.18. The first kappa shape index (κ1) is 15.1. The Labute approximate surface area is 141 Å². The van der Waals surface area contributed by atoms with Crippen LogP contribution in [0.4, 0.5) is 11.6 Å². The Bertz CT molecular complexity index is 1010. The molecule has 4 rings (SSSR count). The Morgan fingerprint density at radius 2 is 2.00 bits per heavy atom. The number of aromatic amines is 1. The molecule has 128 valence electrons. The molecule has 2 aromatic heterocycles. The molecule has 0 unspecified atom stereocenters. The molecule has 0 spiro atoms. The highest BCUT2D eigenvalue weighted by atomic mass is 16.5. The molecule has 2 N–H and O–H groups in total. The lowest BCUT2D eigenvalue weighted by atomic mass is 9.95. The van der Waals surface area contributed by atoms with Gasteiger partial charge in [0.05, 0.1) is 19.9 Å². The number of ether oxygens (including phenoxy) is 2. The van der Waals surface area contributed by atoms with Crippen LogP contribution in [0.25, 0.3) is 0 Å². The average Bonchev–Trinajstić information content (AvgIpc) is 3.11. The minimum atomic E-state index is -0.421. The van der Waals surface area contributed by atoms with E-state index in [1.807, 2.05) is 19.1 Å². The Morgan fingerprint density at radius 1 is 1.20 bits per heavy atom. The van der Waals surface area contributed by atoms with Gasteiger partial charge in [0.15, 0.2) is 11.5 Å². The fourth-order valence-electron chi connectivity index (χ4n) is 3.03. The van der Waals surface area contributed by atoms with Crippen LogP contribution >= 0.6 is 0 Å². The number of tetrazole rings is 1. The normalized spacial score (nSPS) is 15.1. The van der Waals surface area contributed by atoms with Crippen LogP contribution in [0.1, 0.15) is 22.9 Å². The Hall–Kier alpha value is -3.43. The summed E-state index contributed by atoms with van der Waals surface area (Å²) in [6.07, 6.45) is 0. The van der Waals surface area contributed by atoms with Gasteiger partial charge in [-0.3, -0.25) is 4.79 Å². The SMILES string of the molecule is COc1ccc([C@@H]2c3c(C)n[nH]c(=O)c3Nc3nnnn32)cc1OC. The van der Waals surface area contributed by atoms with E-state index in [0.717, 1.165) is 5.56 Å². The van der Waals surface area contributed by atoms with Gasteiger partial charge in [-0.05, 0) is 35.0 Å². The van der Waals surface area contributed by atoms with Gasteiger partial charge in [-0.1, -0.05) is 11.2 Å². The molecule has 3 heterocycles. The first-order valence-electron chi connectivity index (χ1n) is 7.50. The summed E-state index contributed by atoms with van der Waals surface area (Å²) in [5, 5.41) is 21.2. The average molecular weight is 341 g/mol. The second-order valence-corrected chi connectivity index (χ2v) is 5.52. The molecule has 1 aliphatic rings. The summed E-state index contributed by atoms with van der Waals surface area (Å²) in [6.45, 7) is 1.82. The van der Waals surface area contributed by atoms with Crippen molar-refractivity contribution in [2.75, 3.05) is 19.5 Å². The topological polar surface area (TPSA) is 120 Å². The maximum Gasteiger partial charge on any atom is 0.288 e. The van der Waals surface area contributed by atoms with Gasteiger partial charge in [0, 0.05) is 5.56 Å². The molecule has 0 amide bonds. The van der Waals surface area contributed by atoms with Crippen molar-refractivity contribution in [1.29, 1.82) is 0 Å². The van der Waals surface area contributed by atoms with Gasteiger partial charge in [0.2, 0.25) is 5.95 Å². The van der Waals surface area contributed by atoms with E-state index in [0.29, 0.717) is 34.4 Å². The highest BCUT2D eigenvalue weighted by Gasteiger charge is 2.33. The van der Waals surface area contributed by atoms with E-state index in [-0.39, 0.29) is 5.56 Å². The molecule has 0 saturated heterocycles. The number of rotatable bonds is 3. The lowest BCUT2D eigenvalue weighted by Crippen LogP contribution is -2.29. The molecular weight excluding hydrogens is 326 g/mol. The van der Waals surface area contributed by atoms with Gasteiger partial charge in [0.1, 0.15) is 11.7 Å². The van der Waals surface area contributed by atoms with Gasteiger partial charge >= 0.3 is 0 Å². The number of anilines is 2. The summed E-state index contributed by atoms with van der Waals surface area (Å²) in [5.74, 6) is 1.56. The molecule has 3 aromatic rings. The van der Waals surface area contributed by atoms with E-state index in [9.17, 15) is 4.79 Å². The number of hydrogen-bond donors (Lipinski definition) is 2. The molecular formula is C15H15N7O3. The first-order valence-corrected chi connectivity index (χ1v) is 7.50. The van der Waals surface area contributed by atoms with Crippen molar-refractivity contribution in [3.8, 4) is 11.5 Å². The fourth-order valence-corrected chi connectivity index (χ4v) is 3.03. The van der Waals surface area contributed by atoms with Crippen molar-refractivity contribution in [2.45, 2.75) is 13.0 Å². The number of benzene rings is 1. The van der Waals surface area contributed by atoms with E-state index in [1.54, 1.807) is 25.0 Å². The Balaban J connectivity index is 1.98. The number of methoxy groups -OCH3 is 2. The van der Waals surface area contributed by atoms with Crippen LogP contribution in [-0.2, 0) is 0 Å². The van der Waals surface area contributed by atoms with Gasteiger partial charge in [-0.2, -0.15) is 9.78 Å². The molecule has 0 aliphatic carbocycles. The highest BCUT2D eigenvalue weighted by molar-refractivity contribution is 5.65. The summed E-state index contributed by atoms with van der Waals surface area (Å²) < 4.78 is 12.3. The summed E-state index contributed by atoms with van der Waals surface area (Å²) in [7, 11) is 3.14. The monoisotopic (exact) mass is 341 g/mol. The van der Waals surface area contributed by atoms with Gasteiger partial charge in [-0.15, -0.1) is 0 Å². The Morgan fingerprint density at radius 3 is 2.76 bits per heavy atom. The molecule has 0 saturated carbocycles. The fraction of sp³-hybridized carbons (Fsp3) is 0.267. The van der Waals surface area contributed by atoms with E-state index in [1.165, 1.54) is 0 Å². The maximum atomic E-state index is 12.2. The number of H-pyrrole nitrogens is 1. The van der Waals surface area contributed by atoms with Crippen molar-refractivity contribution in [2.24, 2.45) is 0 Å². The van der Waals surface area contributed by atoms with E-state index in [4.69, 9.17) is 9.47 Å². The molecule has 1 aromatic carbocycles. The molecule has 0 fully saturated rings. The van der Waals surface area contributed by atoms with Crippen LogP contribution in [0.15, 0.2) is 23.0 Å². The maximum absolute atomic E-state index is 12.2. The molecule has 0 radical (unpaired) electrons. The van der Waals surface area contributed by atoms with Crippen molar-refractivity contribution < 1.29 is 9.47 Å². The van der Waals surface area contributed by atoms with Crippen molar-refractivity contribution in [3.63, 3.8) is 0 Å². The smallest absolute Gasteiger partial charge is 0.288 e. The molecule has 1 atom stereocenters. The minimum Gasteiger partial charge on any atom is -0.493 e. The van der Waals surface area contributed by atoms with Crippen LogP contribution in [0.5, 0.6) is 11.5 Å². The molecule has 1 aliphatic heterocycles. The summed E-state index contributed by atoms with van der Waals surface area (Å²) in [4.78, 5) is 12.2. The molecule has 10 heteroatoms. The summed E-state index contributed by atoms with van der Waals surface area (Å²) >= 11 is 0. The van der Waals surface area contributed by atoms with Crippen LogP contribution < -0.4 is 20.3 Å². The predicted octanol–water partition coefficient (Wildman–Crippen LogP) is 0.777. The third kappa shape index (κ3) is 2.22. The number of aromatic nitrogens is 6. The zero-order chi connectivity index (χ0) is 17.6. The van der Waals surface area contributed by atoms with Crippen LogP contribution in [0.2, 0.25) is 0 Å². The van der Waals surface area contributed by atoms with Crippen molar-refractivity contribution in [1.82, 2.24) is 30.4 Å². The van der Waals surface area contributed by atoms with Crippen molar-refractivity contribution >= 4 is 11.6 Å². The van der Waals surface area contributed by atoms with Crippen molar-refractivity contribution in [3.05, 3.63) is 45.4 Å². The van der Waals surface area contributed by atoms with E-state index in [2.05, 4.69) is 31.0 Å². The van der Waals surface area contributed by atoms with Crippen LogP contribution in [0, 0.1) is 6.92 Å². The number of hydrogen-bond acceptors (Lipinski definition) is 8. The lowest BCUT2D eigenvalue weighted by Gasteiger charge is -2.27. The largest absolute Gasteiger partial charge is 0.493 e. The lowest BCUT2D eigenvalue weighted by molar-refractivity contribution is 0.354. The summed E-state index contributed by atoms with van der Waals surface area (Å²) in [5.41, 5.74) is 2.26. The summed E-state index contributed by atoms with van der Waals surface area (Å²) in [6, 6.07) is 5.10. The van der Waals surface area contributed by atoms with E-state index < -0.39 is 6.04 Å². The highest BCUT2D eigenvalue weighted by Crippen LogP contribution is 2.40. The van der Waals surface area contributed by atoms with E-state index >= 15 is 0 Å². The number of nitrogens with zero attached hydrogens (tertiary/aromatic N) is 5. The van der Waals surface area contributed by atoms with Gasteiger partial charge in [0.25, 0.3) is 5.56 Å². The van der Waals surface area contributed by atoms with Gasteiger partial charge < -0.3 is 14.8 Å². The standard InChI is InChI=1S/C15H15N7O3/c1-7-11-12(14(23)18-17-7)16-15-19-20-21-22(15)13(11)8-4-5-9(24-2)10(6-8)25-3/h4-6,13H,1-3H3,(H,18,23)(H,16,19,21)/t13-/m1/s1. The second-order valence-electron chi connectivity index (χ2n) is 5.52.